The van der Waals surface area contributed by atoms with E-state index < -0.39 is 5.60 Å². The molecule has 2 fully saturated rings. The van der Waals surface area contributed by atoms with Crippen LogP contribution in [0.25, 0.3) is 0 Å². The molecule has 2 heterocycles. The Kier molecular flexibility index (Phi) is 10.5. The van der Waals surface area contributed by atoms with E-state index in [-0.39, 0.29) is 19.1 Å². The van der Waals surface area contributed by atoms with Crippen LogP contribution in [0.1, 0.15) is 37.7 Å². The highest BCUT2D eigenvalue weighted by Crippen LogP contribution is 2.29. The number of aliphatic hydroxyl groups is 1. The number of hydrogen-bond donors (Lipinski definition) is 1. The highest BCUT2D eigenvalue weighted by molar-refractivity contribution is 6.30. The zero-order valence-electron chi connectivity index (χ0n) is 22.2. The van der Waals surface area contributed by atoms with Crippen molar-refractivity contribution in [3.05, 3.63) is 53.1 Å². The number of carbonyl (C=O) groups is 1. The lowest BCUT2D eigenvalue weighted by Gasteiger charge is -2.30. The maximum absolute atomic E-state index is 12.2. The van der Waals surface area contributed by atoms with E-state index in [0.29, 0.717) is 68.1 Å². The Hall–Kier alpha value is -2.52. The average Bonchev–Trinajstić information content (AvgIpc) is 3.23. The predicted octanol–water partition coefficient (Wildman–Crippen LogP) is 4.16. The molecule has 0 spiro atoms. The summed E-state index contributed by atoms with van der Waals surface area (Å²) in [4.78, 5) is 16.4. The van der Waals surface area contributed by atoms with E-state index in [9.17, 15) is 9.90 Å². The van der Waals surface area contributed by atoms with Crippen molar-refractivity contribution in [2.24, 2.45) is 0 Å². The molecule has 0 aromatic heterocycles. The molecule has 2 aromatic rings. The van der Waals surface area contributed by atoms with Crippen molar-refractivity contribution in [1.82, 2.24) is 9.80 Å². The van der Waals surface area contributed by atoms with Crippen molar-refractivity contribution in [2.75, 3.05) is 59.7 Å². The molecule has 2 aliphatic rings. The topological polar surface area (TPSA) is 80.7 Å². The van der Waals surface area contributed by atoms with Crippen LogP contribution in [-0.4, -0.2) is 86.1 Å². The second-order valence-corrected chi connectivity index (χ2v) is 10.5. The monoisotopic (exact) mass is 546 g/mol. The number of halogens is 1. The molecule has 38 heavy (non-hydrogen) atoms. The van der Waals surface area contributed by atoms with Crippen LogP contribution >= 0.6 is 11.6 Å². The Labute approximate surface area is 230 Å². The number of amides is 1. The first-order chi connectivity index (χ1) is 18.4. The quantitative estimate of drug-likeness (QED) is 0.424. The lowest BCUT2D eigenvalue weighted by atomic mass is 10.1. The maximum Gasteiger partial charge on any atom is 0.222 e. The van der Waals surface area contributed by atoms with Gasteiger partial charge in [0.1, 0.15) is 18.0 Å². The van der Waals surface area contributed by atoms with Crippen molar-refractivity contribution in [3.63, 3.8) is 0 Å². The van der Waals surface area contributed by atoms with E-state index in [1.807, 2.05) is 23.1 Å². The fraction of sp³-hybridized carbons (Fsp3) is 0.552. The fourth-order valence-electron chi connectivity index (χ4n) is 4.87. The van der Waals surface area contributed by atoms with Gasteiger partial charge >= 0.3 is 0 Å². The Bertz CT molecular complexity index is 1040. The molecule has 2 saturated heterocycles. The van der Waals surface area contributed by atoms with Gasteiger partial charge in [-0.05, 0) is 61.2 Å². The molecule has 9 heteroatoms. The molecular weight excluding hydrogens is 508 g/mol. The molecule has 1 atom stereocenters. The minimum Gasteiger partial charge on any atom is -0.493 e. The van der Waals surface area contributed by atoms with Gasteiger partial charge in [0, 0.05) is 44.2 Å². The van der Waals surface area contributed by atoms with Crippen LogP contribution < -0.4 is 14.2 Å². The van der Waals surface area contributed by atoms with Gasteiger partial charge in [0.2, 0.25) is 5.91 Å². The Balaban J connectivity index is 1.32. The molecule has 8 nitrogen and oxygen atoms in total. The molecule has 1 N–H and O–H groups in total. The minimum atomic E-state index is -1.15. The van der Waals surface area contributed by atoms with E-state index in [2.05, 4.69) is 4.90 Å². The lowest BCUT2D eigenvalue weighted by Crippen LogP contribution is -2.48. The van der Waals surface area contributed by atoms with Gasteiger partial charge in [-0.25, -0.2) is 0 Å². The summed E-state index contributed by atoms with van der Waals surface area (Å²) in [6.45, 7) is 4.62. The standard InChI is InChI=1S/C29H39ClN2O6/c1-35-26-12-7-23(18-27(26)37-16-5-14-32-13-4-2-3-6-28(32)33)19-31-15-17-36-21-29(34,20-31)22-38-25-10-8-24(30)9-11-25/h7-12,18,34H,2-6,13-17,19-22H2,1H3. The summed E-state index contributed by atoms with van der Waals surface area (Å²) >= 11 is 5.95. The van der Waals surface area contributed by atoms with Gasteiger partial charge in [0.25, 0.3) is 0 Å². The van der Waals surface area contributed by atoms with Gasteiger partial charge in [-0.2, -0.15) is 0 Å². The Morgan fingerprint density at radius 3 is 2.71 bits per heavy atom. The zero-order chi connectivity index (χ0) is 26.8. The van der Waals surface area contributed by atoms with Crippen molar-refractivity contribution in [3.8, 4) is 17.2 Å². The number of methoxy groups -OCH3 is 1. The van der Waals surface area contributed by atoms with Gasteiger partial charge < -0.3 is 29.0 Å². The molecule has 0 aliphatic carbocycles. The Morgan fingerprint density at radius 1 is 1.05 bits per heavy atom. The van der Waals surface area contributed by atoms with Gasteiger partial charge in [0.05, 0.1) is 26.9 Å². The van der Waals surface area contributed by atoms with E-state index in [1.165, 1.54) is 0 Å². The molecule has 1 unspecified atom stereocenters. The maximum atomic E-state index is 12.2. The highest BCUT2D eigenvalue weighted by Gasteiger charge is 2.33. The van der Waals surface area contributed by atoms with E-state index in [4.69, 9.17) is 30.5 Å². The van der Waals surface area contributed by atoms with Crippen molar-refractivity contribution < 1.29 is 28.8 Å². The summed E-state index contributed by atoms with van der Waals surface area (Å²) in [6.07, 6.45) is 4.61. The normalized spacial score (nSPS) is 21.0. The molecule has 0 radical (unpaired) electrons. The molecule has 0 bridgehead atoms. The Morgan fingerprint density at radius 2 is 1.89 bits per heavy atom. The van der Waals surface area contributed by atoms with Crippen LogP contribution in [0.2, 0.25) is 5.02 Å². The summed E-state index contributed by atoms with van der Waals surface area (Å²) < 4.78 is 23.2. The van der Waals surface area contributed by atoms with Crippen LogP contribution in [0.5, 0.6) is 17.2 Å². The van der Waals surface area contributed by atoms with Gasteiger partial charge in [-0.3, -0.25) is 9.69 Å². The van der Waals surface area contributed by atoms with E-state index in [1.54, 1.807) is 31.4 Å². The summed E-state index contributed by atoms with van der Waals surface area (Å²) in [6, 6.07) is 13.0. The van der Waals surface area contributed by atoms with Gasteiger partial charge in [-0.1, -0.05) is 24.1 Å². The van der Waals surface area contributed by atoms with Gasteiger partial charge in [0.15, 0.2) is 11.5 Å². The number of β-amino-alcohol motifs (C(OH)–C–C–N with tert-alkyl or cyclic N) is 1. The SMILES string of the molecule is COc1ccc(CN2CCOCC(O)(COc3ccc(Cl)cc3)C2)cc1OCCCN1CCCCCC1=O. The largest absolute Gasteiger partial charge is 0.493 e. The third-order valence-corrected chi connectivity index (χ3v) is 7.15. The van der Waals surface area contributed by atoms with Crippen LogP contribution in [0.15, 0.2) is 42.5 Å². The third kappa shape index (κ3) is 8.50. The molecule has 1 amide bonds. The van der Waals surface area contributed by atoms with Crippen molar-refractivity contribution >= 4 is 17.5 Å². The zero-order valence-corrected chi connectivity index (χ0v) is 23.0. The first-order valence-electron chi connectivity index (χ1n) is 13.4. The highest BCUT2D eigenvalue weighted by atomic mass is 35.5. The van der Waals surface area contributed by atoms with E-state index >= 15 is 0 Å². The van der Waals surface area contributed by atoms with Crippen LogP contribution in [0.3, 0.4) is 0 Å². The van der Waals surface area contributed by atoms with Crippen molar-refractivity contribution in [1.29, 1.82) is 0 Å². The van der Waals surface area contributed by atoms with Gasteiger partial charge in [-0.15, -0.1) is 0 Å². The number of carbonyl (C=O) groups excluding carboxylic acids is 1. The fourth-order valence-corrected chi connectivity index (χ4v) is 5.00. The first kappa shape index (κ1) is 28.5. The van der Waals surface area contributed by atoms with Crippen LogP contribution in [-0.2, 0) is 16.1 Å². The first-order valence-corrected chi connectivity index (χ1v) is 13.8. The van der Waals surface area contributed by atoms with E-state index in [0.717, 1.165) is 37.8 Å². The summed E-state index contributed by atoms with van der Waals surface area (Å²) in [5.41, 5.74) is -0.0986. The number of ether oxygens (including phenoxy) is 4. The molecular formula is C29H39ClN2O6. The number of nitrogens with zero attached hydrogens (tertiary/aromatic N) is 2. The molecule has 2 aromatic carbocycles. The molecule has 2 aliphatic heterocycles. The lowest BCUT2D eigenvalue weighted by molar-refractivity contribution is -0.130. The summed E-state index contributed by atoms with van der Waals surface area (Å²) in [7, 11) is 1.63. The second kappa shape index (κ2) is 14.0. The van der Waals surface area contributed by atoms with Crippen LogP contribution in [0, 0.1) is 0 Å². The number of likely N-dealkylation sites (tertiary alicyclic amines) is 1. The molecule has 4 rings (SSSR count). The number of rotatable bonds is 11. The smallest absolute Gasteiger partial charge is 0.222 e. The number of hydrogen-bond acceptors (Lipinski definition) is 7. The number of benzene rings is 2. The summed E-state index contributed by atoms with van der Waals surface area (Å²) in [5.74, 6) is 2.25. The third-order valence-electron chi connectivity index (χ3n) is 6.90. The summed E-state index contributed by atoms with van der Waals surface area (Å²) in [5, 5.41) is 11.9. The van der Waals surface area contributed by atoms with Crippen LogP contribution in [0.4, 0.5) is 0 Å². The molecule has 208 valence electrons. The second-order valence-electron chi connectivity index (χ2n) is 10.1. The van der Waals surface area contributed by atoms with Crippen molar-refractivity contribution in [2.45, 2.75) is 44.2 Å². The average molecular weight is 547 g/mol. The predicted molar refractivity (Wildman–Crippen MR) is 146 cm³/mol. The molecule has 0 saturated carbocycles. The minimum absolute atomic E-state index is 0.113.